The van der Waals surface area contributed by atoms with E-state index in [0.717, 1.165) is 0 Å². The lowest BCUT2D eigenvalue weighted by molar-refractivity contribution is -0.393. The summed E-state index contributed by atoms with van der Waals surface area (Å²) >= 11 is 0. The Morgan fingerprint density at radius 3 is 0.640 bits per heavy atom. The molecule has 0 radical (unpaired) electrons. The molecule has 0 aromatic heterocycles. The lowest BCUT2D eigenvalue weighted by Crippen LogP contribution is -2.70. The fraction of sp³-hybridized carbons (Fsp3) is 0.875. The summed E-state index contributed by atoms with van der Waals surface area (Å²) in [5.74, 6) is -22.5. The Kier molecular flexibility index (Phi) is 5.38. The third kappa shape index (κ3) is 3.54. The molecule has 0 saturated carbocycles. The maximum absolute atomic E-state index is 13.3. The predicted molar refractivity (Wildman–Crippen MR) is 41.2 cm³/mol. The highest BCUT2D eigenvalue weighted by molar-refractivity contribution is 5.32. The van der Waals surface area contributed by atoms with E-state index in [0.29, 0.717) is 0 Å². The van der Waals surface area contributed by atoms with Crippen molar-refractivity contribution in [2.45, 2.75) is 42.2 Å². The highest BCUT2D eigenvalue weighted by Gasteiger charge is 2.81. The van der Waals surface area contributed by atoms with Crippen molar-refractivity contribution in [3.63, 3.8) is 0 Å². The Balaban J connectivity index is 7.15. The van der Waals surface area contributed by atoms with Gasteiger partial charge in [-0.25, -0.2) is 17.6 Å². The Bertz CT molecular complexity index is 429. The van der Waals surface area contributed by atoms with Crippen molar-refractivity contribution >= 4 is 0 Å². The van der Waals surface area contributed by atoms with Crippen LogP contribution in [0.3, 0.4) is 0 Å². The van der Waals surface area contributed by atoms with E-state index in [1.54, 1.807) is 0 Å². The predicted octanol–water partition coefficient (Wildman–Crippen LogP) is 5.79. The van der Waals surface area contributed by atoms with Crippen LogP contribution in [-0.2, 0) is 0 Å². The molecule has 0 N–H and O–H groups in total. The minimum atomic E-state index is -8.35. The summed E-state index contributed by atoms with van der Waals surface area (Å²) in [4.78, 5) is 0. The zero-order valence-corrected chi connectivity index (χ0v) is 10.4. The van der Waals surface area contributed by atoms with Crippen molar-refractivity contribution in [2.24, 2.45) is 0 Å². The molecule has 0 rings (SSSR count). The molecule has 0 aliphatic heterocycles. The van der Waals surface area contributed by atoms with E-state index in [1.165, 1.54) is 0 Å². The van der Waals surface area contributed by atoms with Gasteiger partial charge in [-0.2, -0.15) is 52.7 Å². The summed E-state index contributed by atoms with van der Waals surface area (Å²) in [5.41, 5.74) is -8.35. The van der Waals surface area contributed by atoms with Gasteiger partial charge in [-0.05, 0) is 0 Å². The average molecular weight is 419 g/mol. The van der Waals surface area contributed by atoms with Crippen LogP contribution in [0.25, 0.3) is 0 Å². The first-order valence-electron chi connectivity index (χ1n) is 4.96. The molecule has 0 fully saturated rings. The van der Waals surface area contributed by atoms with Crippen LogP contribution in [0.5, 0.6) is 0 Å². The normalized spacial score (nSPS) is 16.6. The van der Waals surface area contributed by atoms with Gasteiger partial charge in [0.05, 0.1) is 0 Å². The molecule has 0 bridgehead atoms. The molecule has 25 heavy (non-hydrogen) atoms. The Morgan fingerprint density at radius 1 is 0.320 bits per heavy atom. The van der Waals surface area contributed by atoms with Crippen LogP contribution < -0.4 is 0 Å². The molecule has 17 heteroatoms. The van der Waals surface area contributed by atoms with Gasteiger partial charge in [-0.1, -0.05) is 0 Å². The quantitative estimate of drug-likeness (QED) is 0.402. The summed E-state index contributed by atoms with van der Waals surface area (Å²) in [5, 5.41) is 0. The lowest BCUT2D eigenvalue weighted by Gasteiger charge is -2.53. The fourth-order valence-corrected chi connectivity index (χ4v) is 1.36. The minimum Gasteiger partial charge on any atom is -0.259 e. The summed E-state index contributed by atoms with van der Waals surface area (Å²) in [6, 6.07) is 0. The third-order valence-electron chi connectivity index (χ3n) is 2.47. The molecule has 0 aliphatic carbocycles. The Labute approximate surface area is 124 Å². The van der Waals surface area contributed by atoms with Gasteiger partial charge >= 0.3 is 24.7 Å². The molecule has 0 aromatic rings. The Hall–Kier alpha value is -1.19. The molecule has 0 aromatic carbocycles. The first kappa shape index (κ1) is 23.8. The zero-order valence-electron chi connectivity index (χ0n) is 10.4. The van der Waals surface area contributed by atoms with E-state index >= 15 is 0 Å². The monoisotopic (exact) mass is 419 g/mol. The molecule has 0 spiro atoms. The molecule has 152 valence electrons. The second-order valence-electron chi connectivity index (χ2n) is 4.17. The maximum atomic E-state index is 13.3. The van der Waals surface area contributed by atoms with Gasteiger partial charge in [0, 0.05) is 0 Å². The van der Waals surface area contributed by atoms with Crippen LogP contribution in [0.2, 0.25) is 0 Å². The number of hydrogen-bond acceptors (Lipinski definition) is 0. The van der Waals surface area contributed by atoms with Gasteiger partial charge in [0.1, 0.15) is 0 Å². The molecule has 0 saturated heterocycles. The van der Waals surface area contributed by atoms with Crippen LogP contribution in [0.1, 0.15) is 0 Å². The summed E-state index contributed by atoms with van der Waals surface area (Å²) in [7, 11) is 0. The first-order valence-corrected chi connectivity index (χ1v) is 4.96. The van der Waals surface area contributed by atoms with E-state index in [4.69, 9.17) is 0 Å². The molecular formula is C8F17-. The first-order chi connectivity index (χ1) is 10.4. The van der Waals surface area contributed by atoms with E-state index in [-0.39, 0.29) is 0 Å². The van der Waals surface area contributed by atoms with E-state index in [2.05, 4.69) is 0 Å². The van der Waals surface area contributed by atoms with Crippen molar-refractivity contribution < 1.29 is 74.6 Å². The summed E-state index contributed by atoms with van der Waals surface area (Å²) in [6.07, 6.45) is -31.9. The highest BCUT2D eigenvalue weighted by Crippen LogP contribution is 2.65. The summed E-state index contributed by atoms with van der Waals surface area (Å²) in [6.45, 7) is 0. The van der Waals surface area contributed by atoms with Crippen molar-refractivity contribution in [1.29, 1.82) is 0 Å². The highest BCUT2D eigenvalue weighted by atomic mass is 19.4. The van der Waals surface area contributed by atoms with Crippen LogP contribution >= 0.6 is 0 Å². The number of halogens is 17. The molecule has 0 amide bonds. The van der Waals surface area contributed by atoms with Crippen LogP contribution in [0, 0.1) is 5.92 Å². The molecule has 0 heterocycles. The van der Waals surface area contributed by atoms with Gasteiger partial charge in [-0.15, -0.1) is 5.92 Å². The van der Waals surface area contributed by atoms with Gasteiger partial charge < -0.3 is 0 Å². The van der Waals surface area contributed by atoms with Gasteiger partial charge in [0.25, 0.3) is 0 Å². The maximum Gasteiger partial charge on any atom is 0.423 e. The minimum absolute atomic E-state index is 6.10. The number of rotatable bonds is 3. The SMILES string of the molecule is FC(F)(F)C(F)(F)[C-](C(F)(F)C(F)(F)F)C(F)(C(F)(F)F)C(F)(F)F. The summed E-state index contributed by atoms with van der Waals surface area (Å²) < 4.78 is 209. The molecule has 0 atom stereocenters. The fourth-order valence-electron chi connectivity index (χ4n) is 1.36. The average Bonchev–Trinajstić information content (AvgIpc) is 2.21. The van der Waals surface area contributed by atoms with Crippen molar-refractivity contribution in [1.82, 2.24) is 0 Å². The third-order valence-corrected chi connectivity index (χ3v) is 2.47. The second kappa shape index (κ2) is 5.65. The van der Waals surface area contributed by atoms with E-state index < -0.39 is 48.1 Å². The van der Waals surface area contributed by atoms with Crippen molar-refractivity contribution in [3.8, 4) is 0 Å². The van der Waals surface area contributed by atoms with Gasteiger partial charge in [-0.3, -0.25) is 4.39 Å². The number of hydrogen-bond donors (Lipinski definition) is 0. The van der Waals surface area contributed by atoms with Gasteiger partial charge in [0.2, 0.25) is 11.8 Å². The van der Waals surface area contributed by atoms with E-state index in [9.17, 15) is 74.6 Å². The van der Waals surface area contributed by atoms with Crippen LogP contribution in [-0.4, -0.2) is 42.2 Å². The van der Waals surface area contributed by atoms with Crippen molar-refractivity contribution in [2.75, 3.05) is 0 Å². The lowest BCUT2D eigenvalue weighted by atomic mass is 9.77. The van der Waals surface area contributed by atoms with Gasteiger partial charge in [0.15, 0.2) is 5.67 Å². The topological polar surface area (TPSA) is 0 Å². The molecule has 0 nitrogen and oxygen atoms in total. The smallest absolute Gasteiger partial charge is 0.259 e. The number of alkyl halides is 17. The largest absolute Gasteiger partial charge is 0.423 e. The van der Waals surface area contributed by atoms with Crippen LogP contribution in [0.4, 0.5) is 74.6 Å². The second-order valence-corrected chi connectivity index (χ2v) is 4.17. The zero-order chi connectivity index (χ0) is 21.1. The Morgan fingerprint density at radius 2 is 0.520 bits per heavy atom. The van der Waals surface area contributed by atoms with E-state index in [1.807, 2.05) is 0 Å². The van der Waals surface area contributed by atoms with Crippen LogP contribution in [0.15, 0.2) is 0 Å². The molecule has 0 aliphatic rings. The standard InChI is InChI=1S/C8F17/c9-2(5(14,15)16,6(17,18)19)1(3(10,11)7(20,21)22)4(12,13)8(23,24)25/q-1. The van der Waals surface area contributed by atoms with Crippen molar-refractivity contribution in [3.05, 3.63) is 5.92 Å². The molecular weight excluding hydrogens is 419 g/mol. The molecule has 0 unspecified atom stereocenters.